The second-order valence-corrected chi connectivity index (χ2v) is 5.65. The molecular weight excluding hydrogens is 334 g/mol. The standard InChI is InChI=1S/C20H21NO5/c1-4-25-16-5-6-19-13(8-16)7-14(12-26-19)20(22)21-15-9-17(23-2)11-18(10-15)24-3/h5-11H,4,12H2,1-3H3,(H,21,22). The highest BCUT2D eigenvalue weighted by Crippen LogP contribution is 2.31. The summed E-state index contributed by atoms with van der Waals surface area (Å²) < 4.78 is 21.6. The van der Waals surface area contributed by atoms with E-state index in [2.05, 4.69) is 5.32 Å². The fraction of sp³-hybridized carbons (Fsp3) is 0.250. The van der Waals surface area contributed by atoms with Crippen LogP contribution in [0.1, 0.15) is 12.5 Å². The quantitative estimate of drug-likeness (QED) is 0.859. The van der Waals surface area contributed by atoms with E-state index in [0.717, 1.165) is 17.1 Å². The van der Waals surface area contributed by atoms with Crippen LogP contribution in [0.5, 0.6) is 23.0 Å². The minimum Gasteiger partial charge on any atom is -0.497 e. The number of hydrogen-bond acceptors (Lipinski definition) is 5. The van der Waals surface area contributed by atoms with E-state index in [9.17, 15) is 4.79 Å². The molecule has 3 rings (SSSR count). The number of amides is 1. The van der Waals surface area contributed by atoms with Crippen molar-refractivity contribution < 1.29 is 23.7 Å². The van der Waals surface area contributed by atoms with Crippen molar-refractivity contribution in [3.63, 3.8) is 0 Å². The lowest BCUT2D eigenvalue weighted by atomic mass is 10.1. The van der Waals surface area contributed by atoms with Crippen molar-refractivity contribution in [3.8, 4) is 23.0 Å². The van der Waals surface area contributed by atoms with Gasteiger partial charge in [0.15, 0.2) is 0 Å². The summed E-state index contributed by atoms with van der Waals surface area (Å²) in [6.07, 6.45) is 1.81. The van der Waals surface area contributed by atoms with Crippen LogP contribution in [-0.2, 0) is 4.79 Å². The normalized spacial score (nSPS) is 12.3. The summed E-state index contributed by atoms with van der Waals surface area (Å²) in [7, 11) is 3.12. The molecule has 0 atom stereocenters. The molecule has 1 heterocycles. The summed E-state index contributed by atoms with van der Waals surface area (Å²) >= 11 is 0. The van der Waals surface area contributed by atoms with E-state index in [1.165, 1.54) is 0 Å². The zero-order valence-electron chi connectivity index (χ0n) is 15.0. The summed E-state index contributed by atoms with van der Waals surface area (Å²) in [5, 5.41) is 2.85. The molecule has 2 aromatic rings. The molecule has 1 amide bonds. The first-order valence-corrected chi connectivity index (χ1v) is 8.27. The van der Waals surface area contributed by atoms with Gasteiger partial charge in [-0.3, -0.25) is 4.79 Å². The molecule has 0 fully saturated rings. The van der Waals surface area contributed by atoms with Gasteiger partial charge in [0.25, 0.3) is 5.91 Å². The molecule has 6 nitrogen and oxygen atoms in total. The van der Waals surface area contributed by atoms with Crippen molar-refractivity contribution in [3.05, 3.63) is 47.5 Å². The van der Waals surface area contributed by atoms with Gasteiger partial charge in [0.2, 0.25) is 0 Å². The Morgan fingerprint density at radius 2 is 1.81 bits per heavy atom. The molecule has 0 saturated carbocycles. The molecule has 0 aromatic heterocycles. The Morgan fingerprint density at radius 1 is 1.08 bits per heavy atom. The lowest BCUT2D eigenvalue weighted by Crippen LogP contribution is -2.21. The van der Waals surface area contributed by atoms with Crippen LogP contribution >= 0.6 is 0 Å². The Labute approximate surface area is 152 Å². The zero-order chi connectivity index (χ0) is 18.5. The molecule has 0 aliphatic carbocycles. The SMILES string of the molecule is CCOc1ccc2c(c1)C=C(C(=O)Nc1cc(OC)cc(OC)c1)CO2. The number of methoxy groups -OCH3 is 2. The maximum atomic E-state index is 12.6. The van der Waals surface area contributed by atoms with Gasteiger partial charge in [-0.15, -0.1) is 0 Å². The zero-order valence-corrected chi connectivity index (χ0v) is 15.0. The molecule has 1 aliphatic heterocycles. The molecule has 0 unspecified atom stereocenters. The van der Waals surface area contributed by atoms with Crippen LogP contribution in [0.15, 0.2) is 42.0 Å². The highest BCUT2D eigenvalue weighted by Gasteiger charge is 2.18. The molecule has 2 aromatic carbocycles. The Bertz CT molecular complexity index is 822. The van der Waals surface area contributed by atoms with Crippen LogP contribution < -0.4 is 24.3 Å². The Balaban J connectivity index is 1.81. The summed E-state index contributed by atoms with van der Waals surface area (Å²) in [6, 6.07) is 10.8. The van der Waals surface area contributed by atoms with Crippen LogP contribution in [0.4, 0.5) is 5.69 Å². The molecule has 1 N–H and O–H groups in total. The smallest absolute Gasteiger partial charge is 0.255 e. The Morgan fingerprint density at radius 3 is 2.46 bits per heavy atom. The van der Waals surface area contributed by atoms with Crippen LogP contribution in [0.2, 0.25) is 0 Å². The third-order valence-corrected chi connectivity index (χ3v) is 3.91. The number of carbonyl (C=O) groups is 1. The van der Waals surface area contributed by atoms with E-state index in [4.69, 9.17) is 18.9 Å². The highest BCUT2D eigenvalue weighted by molar-refractivity contribution is 6.07. The van der Waals surface area contributed by atoms with Crippen LogP contribution in [0.25, 0.3) is 6.08 Å². The summed E-state index contributed by atoms with van der Waals surface area (Å²) in [5.74, 6) is 2.42. The second kappa shape index (κ2) is 7.82. The second-order valence-electron chi connectivity index (χ2n) is 5.65. The number of ether oxygens (including phenoxy) is 4. The van der Waals surface area contributed by atoms with Gasteiger partial charge in [-0.1, -0.05) is 0 Å². The van der Waals surface area contributed by atoms with Gasteiger partial charge >= 0.3 is 0 Å². The largest absolute Gasteiger partial charge is 0.497 e. The maximum Gasteiger partial charge on any atom is 0.255 e. The summed E-state index contributed by atoms with van der Waals surface area (Å²) in [4.78, 5) is 12.6. The average Bonchev–Trinajstić information content (AvgIpc) is 2.67. The van der Waals surface area contributed by atoms with Gasteiger partial charge in [-0.05, 0) is 31.2 Å². The minimum atomic E-state index is -0.243. The van der Waals surface area contributed by atoms with Crippen molar-refractivity contribution in [1.29, 1.82) is 0 Å². The first-order chi connectivity index (χ1) is 12.6. The van der Waals surface area contributed by atoms with Crippen molar-refractivity contribution in [2.24, 2.45) is 0 Å². The third kappa shape index (κ3) is 3.91. The first kappa shape index (κ1) is 17.7. The van der Waals surface area contributed by atoms with Gasteiger partial charge in [-0.2, -0.15) is 0 Å². The van der Waals surface area contributed by atoms with Gasteiger partial charge in [-0.25, -0.2) is 0 Å². The van der Waals surface area contributed by atoms with Crippen molar-refractivity contribution in [2.75, 3.05) is 32.8 Å². The molecule has 0 radical (unpaired) electrons. The summed E-state index contributed by atoms with van der Waals surface area (Å²) in [5.41, 5.74) is 1.92. The number of carbonyl (C=O) groups excluding carboxylic acids is 1. The fourth-order valence-electron chi connectivity index (χ4n) is 2.63. The lowest BCUT2D eigenvalue weighted by Gasteiger charge is -2.18. The summed E-state index contributed by atoms with van der Waals surface area (Å²) in [6.45, 7) is 2.70. The Hall–Kier alpha value is -3.15. The topological polar surface area (TPSA) is 66.0 Å². The molecule has 0 spiro atoms. The monoisotopic (exact) mass is 355 g/mol. The van der Waals surface area contributed by atoms with E-state index < -0.39 is 0 Å². The maximum absolute atomic E-state index is 12.6. The predicted molar refractivity (Wildman–Crippen MR) is 99.3 cm³/mol. The Kier molecular flexibility index (Phi) is 5.31. The van der Waals surface area contributed by atoms with Crippen molar-refractivity contribution in [1.82, 2.24) is 0 Å². The van der Waals surface area contributed by atoms with Crippen LogP contribution in [0.3, 0.4) is 0 Å². The van der Waals surface area contributed by atoms with E-state index in [1.54, 1.807) is 32.4 Å². The van der Waals surface area contributed by atoms with Crippen LogP contribution in [0, 0.1) is 0 Å². The number of rotatable bonds is 6. The molecule has 1 aliphatic rings. The van der Waals surface area contributed by atoms with Crippen LogP contribution in [-0.4, -0.2) is 33.3 Å². The molecule has 0 saturated heterocycles. The molecule has 0 bridgehead atoms. The van der Waals surface area contributed by atoms with E-state index >= 15 is 0 Å². The minimum absolute atomic E-state index is 0.202. The van der Waals surface area contributed by atoms with E-state index in [1.807, 2.05) is 31.2 Å². The number of anilines is 1. The molecule has 26 heavy (non-hydrogen) atoms. The fourth-order valence-corrected chi connectivity index (χ4v) is 2.63. The van der Waals surface area contributed by atoms with E-state index in [0.29, 0.717) is 29.4 Å². The number of hydrogen-bond donors (Lipinski definition) is 1. The molecule has 6 heteroatoms. The first-order valence-electron chi connectivity index (χ1n) is 8.27. The van der Waals surface area contributed by atoms with Gasteiger partial charge in [0, 0.05) is 29.4 Å². The van der Waals surface area contributed by atoms with Gasteiger partial charge < -0.3 is 24.3 Å². The number of nitrogens with one attached hydrogen (secondary N) is 1. The van der Waals surface area contributed by atoms with Gasteiger partial charge in [0.05, 0.1) is 26.4 Å². The molecule has 136 valence electrons. The van der Waals surface area contributed by atoms with E-state index in [-0.39, 0.29) is 12.5 Å². The lowest BCUT2D eigenvalue weighted by molar-refractivity contribution is -0.113. The third-order valence-electron chi connectivity index (χ3n) is 3.91. The molecular formula is C20H21NO5. The van der Waals surface area contributed by atoms with Crippen molar-refractivity contribution in [2.45, 2.75) is 6.92 Å². The van der Waals surface area contributed by atoms with Crippen molar-refractivity contribution >= 4 is 17.7 Å². The number of fused-ring (bicyclic) bond motifs is 1. The average molecular weight is 355 g/mol. The number of benzene rings is 2. The highest BCUT2D eigenvalue weighted by atomic mass is 16.5. The predicted octanol–water partition coefficient (Wildman–Crippen LogP) is 3.52. The van der Waals surface area contributed by atoms with Gasteiger partial charge in [0.1, 0.15) is 29.6 Å².